The lowest BCUT2D eigenvalue weighted by atomic mass is 10.3. The maximum atomic E-state index is 12.4. The molecule has 0 amide bonds. The lowest BCUT2D eigenvalue weighted by molar-refractivity contribution is 0.392. The molecule has 0 radical (unpaired) electrons. The summed E-state index contributed by atoms with van der Waals surface area (Å²) in [5, 5.41) is 0. The number of anilines is 1. The van der Waals surface area contributed by atoms with Crippen LogP contribution in [0.3, 0.4) is 0 Å². The predicted octanol–water partition coefficient (Wildman–Crippen LogP) is 2.66. The molecule has 6 nitrogen and oxygen atoms in total. The minimum atomic E-state index is -3.81. The molecule has 2 aromatic rings. The number of sulfonamides is 1. The van der Waals surface area contributed by atoms with Gasteiger partial charge in [-0.25, -0.2) is 13.4 Å². The summed E-state index contributed by atoms with van der Waals surface area (Å²) in [6.07, 6.45) is 1.41. The highest BCUT2D eigenvalue weighted by Crippen LogP contribution is 2.29. The number of hydrogen-bond donors (Lipinski definition) is 1. The van der Waals surface area contributed by atoms with Crippen molar-refractivity contribution in [3.05, 3.63) is 41.1 Å². The maximum Gasteiger partial charge on any atom is 0.265 e. The van der Waals surface area contributed by atoms with Crippen molar-refractivity contribution in [1.82, 2.24) is 4.98 Å². The number of nitrogens with one attached hydrogen (secondary N) is 1. The fourth-order valence-electron chi connectivity index (χ4n) is 1.64. The number of ether oxygens (including phenoxy) is 2. The van der Waals surface area contributed by atoms with Crippen molar-refractivity contribution in [2.45, 2.75) is 4.90 Å². The Bertz CT molecular complexity index is 732. The minimum absolute atomic E-state index is 0.00716. The first-order valence-corrected chi connectivity index (χ1v) is 8.10. The van der Waals surface area contributed by atoms with Crippen LogP contribution in [0, 0.1) is 0 Å². The molecule has 1 aromatic carbocycles. The van der Waals surface area contributed by atoms with E-state index in [0.717, 1.165) is 0 Å². The summed E-state index contributed by atoms with van der Waals surface area (Å²) in [6, 6.07) is 7.79. The molecule has 0 aliphatic heterocycles. The van der Waals surface area contributed by atoms with Crippen molar-refractivity contribution in [2.24, 2.45) is 0 Å². The lowest BCUT2D eigenvalue weighted by Gasteiger charge is -2.12. The summed E-state index contributed by atoms with van der Waals surface area (Å²) >= 11 is 3.19. The lowest BCUT2D eigenvalue weighted by Crippen LogP contribution is -2.14. The van der Waals surface area contributed by atoms with Crippen molar-refractivity contribution in [3.8, 4) is 11.5 Å². The van der Waals surface area contributed by atoms with Crippen molar-refractivity contribution >= 4 is 31.6 Å². The van der Waals surface area contributed by atoms with Gasteiger partial charge in [-0.2, -0.15) is 0 Å². The number of rotatable bonds is 5. The molecule has 0 bridgehead atoms. The van der Waals surface area contributed by atoms with Crippen molar-refractivity contribution in [2.75, 3.05) is 18.9 Å². The smallest absolute Gasteiger partial charge is 0.265 e. The third kappa shape index (κ3) is 3.64. The highest BCUT2D eigenvalue weighted by atomic mass is 79.9. The fourth-order valence-corrected chi connectivity index (χ4v) is 3.10. The van der Waals surface area contributed by atoms with Gasteiger partial charge >= 0.3 is 0 Å². The summed E-state index contributed by atoms with van der Waals surface area (Å²) in [7, 11) is -0.944. The van der Waals surface area contributed by atoms with E-state index in [9.17, 15) is 8.42 Å². The van der Waals surface area contributed by atoms with Crippen LogP contribution in [0.15, 0.2) is 46.0 Å². The van der Waals surface area contributed by atoms with Crippen LogP contribution >= 0.6 is 15.9 Å². The molecular formula is C13H13BrN2O4S. The standard InChI is InChI=1S/C13H13BrN2O4S/c1-19-10-4-5-11(20-2)12(7-10)21(17,18)16-9-3-6-13(14)15-8-9/h3-8,16H,1-2H3. The van der Waals surface area contributed by atoms with E-state index >= 15 is 0 Å². The number of hydrogen-bond acceptors (Lipinski definition) is 5. The zero-order valence-electron chi connectivity index (χ0n) is 11.3. The first kappa shape index (κ1) is 15.6. The summed E-state index contributed by atoms with van der Waals surface area (Å²) in [5.74, 6) is 0.651. The van der Waals surface area contributed by atoms with Crippen LogP contribution in [0.25, 0.3) is 0 Å². The van der Waals surface area contributed by atoms with Crippen LogP contribution in [-0.2, 0) is 10.0 Å². The average molecular weight is 373 g/mol. The molecule has 0 fully saturated rings. The molecule has 0 aliphatic carbocycles. The Morgan fingerprint density at radius 2 is 1.90 bits per heavy atom. The van der Waals surface area contributed by atoms with E-state index < -0.39 is 10.0 Å². The fraction of sp³-hybridized carbons (Fsp3) is 0.154. The number of nitrogens with zero attached hydrogens (tertiary/aromatic N) is 1. The third-order valence-electron chi connectivity index (χ3n) is 2.64. The van der Waals surface area contributed by atoms with Gasteiger partial charge in [-0.1, -0.05) is 0 Å². The maximum absolute atomic E-state index is 12.4. The van der Waals surface area contributed by atoms with E-state index in [1.165, 1.54) is 32.5 Å². The number of aromatic nitrogens is 1. The molecule has 1 aromatic heterocycles. The zero-order chi connectivity index (χ0) is 15.5. The molecule has 0 spiro atoms. The van der Waals surface area contributed by atoms with E-state index in [-0.39, 0.29) is 10.6 Å². The molecule has 0 saturated heterocycles. The van der Waals surface area contributed by atoms with Gasteiger partial charge in [0.15, 0.2) is 0 Å². The van der Waals surface area contributed by atoms with Crippen LogP contribution in [0.5, 0.6) is 11.5 Å². The normalized spacial score (nSPS) is 11.0. The van der Waals surface area contributed by atoms with Gasteiger partial charge in [0.2, 0.25) is 0 Å². The van der Waals surface area contributed by atoms with Gasteiger partial charge in [0.25, 0.3) is 10.0 Å². The van der Waals surface area contributed by atoms with Crippen molar-refractivity contribution < 1.29 is 17.9 Å². The molecule has 1 heterocycles. The monoisotopic (exact) mass is 372 g/mol. The largest absolute Gasteiger partial charge is 0.497 e. The Morgan fingerprint density at radius 3 is 2.48 bits per heavy atom. The van der Waals surface area contributed by atoms with E-state index in [4.69, 9.17) is 9.47 Å². The number of methoxy groups -OCH3 is 2. The number of halogens is 1. The second-order valence-corrected chi connectivity index (χ2v) is 6.46. The van der Waals surface area contributed by atoms with E-state index in [0.29, 0.717) is 16.0 Å². The Labute approximate surface area is 131 Å². The summed E-state index contributed by atoms with van der Waals surface area (Å²) in [4.78, 5) is 3.96. The SMILES string of the molecule is COc1ccc(OC)c(S(=O)(=O)Nc2ccc(Br)nc2)c1. The third-order valence-corrected chi connectivity index (χ3v) is 4.51. The minimum Gasteiger partial charge on any atom is -0.497 e. The van der Waals surface area contributed by atoms with Crippen molar-refractivity contribution in [1.29, 1.82) is 0 Å². The summed E-state index contributed by atoms with van der Waals surface area (Å²) < 4.78 is 38.1. The molecular weight excluding hydrogens is 360 g/mol. The van der Waals surface area contributed by atoms with Crippen LogP contribution in [0.2, 0.25) is 0 Å². The first-order valence-electron chi connectivity index (χ1n) is 5.82. The van der Waals surface area contributed by atoms with Crippen LogP contribution < -0.4 is 14.2 Å². The van der Waals surface area contributed by atoms with E-state index in [2.05, 4.69) is 25.6 Å². The Balaban J connectivity index is 2.41. The molecule has 0 atom stereocenters. The van der Waals surface area contributed by atoms with Crippen molar-refractivity contribution in [3.63, 3.8) is 0 Å². The van der Waals surface area contributed by atoms with Crippen LogP contribution in [0.4, 0.5) is 5.69 Å². The molecule has 112 valence electrons. The molecule has 0 saturated carbocycles. The van der Waals surface area contributed by atoms with Gasteiger partial charge in [0.1, 0.15) is 21.0 Å². The molecule has 2 rings (SSSR count). The molecule has 0 unspecified atom stereocenters. The Hall–Kier alpha value is -1.80. The number of pyridine rings is 1. The molecule has 0 aliphatic rings. The van der Waals surface area contributed by atoms with Crippen LogP contribution in [0.1, 0.15) is 0 Å². The second-order valence-electron chi connectivity index (χ2n) is 3.99. The molecule has 1 N–H and O–H groups in total. The predicted molar refractivity (Wildman–Crippen MR) is 82.3 cm³/mol. The number of benzene rings is 1. The van der Waals surface area contributed by atoms with Gasteiger partial charge < -0.3 is 9.47 Å². The zero-order valence-corrected chi connectivity index (χ0v) is 13.7. The Kier molecular flexibility index (Phi) is 4.69. The topological polar surface area (TPSA) is 77.5 Å². The highest BCUT2D eigenvalue weighted by molar-refractivity contribution is 9.10. The molecule has 21 heavy (non-hydrogen) atoms. The van der Waals surface area contributed by atoms with Gasteiger partial charge in [-0.3, -0.25) is 4.72 Å². The van der Waals surface area contributed by atoms with Gasteiger partial charge in [-0.05, 0) is 40.2 Å². The van der Waals surface area contributed by atoms with Gasteiger partial charge in [0, 0.05) is 6.07 Å². The molecule has 8 heteroatoms. The van der Waals surface area contributed by atoms with E-state index in [1.54, 1.807) is 18.2 Å². The Morgan fingerprint density at radius 1 is 1.14 bits per heavy atom. The van der Waals surface area contributed by atoms with E-state index in [1.807, 2.05) is 0 Å². The first-order chi connectivity index (χ1) is 9.96. The summed E-state index contributed by atoms with van der Waals surface area (Å²) in [5.41, 5.74) is 0.350. The summed E-state index contributed by atoms with van der Waals surface area (Å²) in [6.45, 7) is 0. The average Bonchev–Trinajstić information content (AvgIpc) is 2.48. The highest BCUT2D eigenvalue weighted by Gasteiger charge is 2.20. The quantitative estimate of drug-likeness (QED) is 0.816. The van der Waals surface area contributed by atoms with Gasteiger partial charge in [0.05, 0.1) is 26.1 Å². The van der Waals surface area contributed by atoms with Crippen LogP contribution in [-0.4, -0.2) is 27.6 Å². The second kappa shape index (κ2) is 6.31. The van der Waals surface area contributed by atoms with Gasteiger partial charge in [-0.15, -0.1) is 0 Å².